The normalized spacial score (nSPS) is 15.7. The van der Waals surface area contributed by atoms with E-state index in [0.717, 1.165) is 41.1 Å². The van der Waals surface area contributed by atoms with Gasteiger partial charge in [0.25, 0.3) is 5.91 Å². The highest BCUT2D eigenvalue weighted by Crippen LogP contribution is 2.45. The zero-order valence-electron chi connectivity index (χ0n) is 20.5. The minimum Gasteiger partial charge on any atom is -0.497 e. The van der Waals surface area contributed by atoms with Crippen LogP contribution in [0.4, 0.5) is 10.7 Å². The molecule has 1 aliphatic rings. The molecule has 0 aliphatic heterocycles. The molecule has 1 aliphatic carbocycles. The Hall–Kier alpha value is -3.12. The van der Waals surface area contributed by atoms with E-state index in [4.69, 9.17) is 14.5 Å². The van der Waals surface area contributed by atoms with Gasteiger partial charge in [-0.3, -0.25) is 4.79 Å². The first kappa shape index (κ1) is 24.0. The molecule has 0 spiro atoms. The summed E-state index contributed by atoms with van der Waals surface area (Å²) < 4.78 is 10.8. The van der Waals surface area contributed by atoms with Gasteiger partial charge in [-0.15, -0.1) is 11.3 Å². The van der Waals surface area contributed by atoms with Crippen molar-refractivity contribution in [3.8, 4) is 11.5 Å². The molecule has 1 amide bonds. The molecule has 3 aromatic rings. The maximum Gasteiger partial charge on any atom is 0.259 e. The fourth-order valence-electron chi connectivity index (χ4n) is 4.42. The van der Waals surface area contributed by atoms with Crippen LogP contribution in [0.25, 0.3) is 0 Å². The summed E-state index contributed by atoms with van der Waals surface area (Å²) in [5.41, 5.74) is 3.62. The maximum atomic E-state index is 13.6. The van der Waals surface area contributed by atoms with Gasteiger partial charge in [-0.25, -0.2) is 4.99 Å². The van der Waals surface area contributed by atoms with Gasteiger partial charge in [-0.2, -0.15) is 0 Å². The smallest absolute Gasteiger partial charge is 0.259 e. The van der Waals surface area contributed by atoms with E-state index in [2.05, 4.69) is 26.1 Å². The molecule has 0 radical (unpaired) electrons. The van der Waals surface area contributed by atoms with E-state index in [1.54, 1.807) is 31.8 Å². The number of nitrogens with zero attached hydrogens (tertiary/aromatic N) is 1. The Labute approximate surface area is 205 Å². The number of amides is 1. The molecule has 1 aromatic heterocycles. The second-order valence-electron chi connectivity index (χ2n) is 9.68. The van der Waals surface area contributed by atoms with Crippen molar-refractivity contribution in [2.45, 2.75) is 40.0 Å². The van der Waals surface area contributed by atoms with Crippen LogP contribution in [0.15, 0.2) is 53.5 Å². The zero-order chi connectivity index (χ0) is 24.3. The summed E-state index contributed by atoms with van der Waals surface area (Å²) in [6, 6.07) is 15.2. The molecule has 2 aromatic carbocycles. The third kappa shape index (κ3) is 5.17. The fraction of sp³-hybridized carbons (Fsp3) is 0.357. The number of carbonyl (C=O) groups excluding carboxylic acids is 1. The van der Waals surface area contributed by atoms with Crippen molar-refractivity contribution < 1.29 is 14.3 Å². The third-order valence-electron chi connectivity index (χ3n) is 6.48. The van der Waals surface area contributed by atoms with Crippen molar-refractivity contribution in [2.24, 2.45) is 16.3 Å². The average Bonchev–Trinajstić information content (AvgIpc) is 3.20. The van der Waals surface area contributed by atoms with Crippen molar-refractivity contribution in [1.29, 1.82) is 0 Å². The first-order valence-electron chi connectivity index (χ1n) is 11.6. The first-order chi connectivity index (χ1) is 16.3. The summed E-state index contributed by atoms with van der Waals surface area (Å²) in [6.07, 6.45) is 4.74. The lowest BCUT2D eigenvalue weighted by Crippen LogP contribution is -2.27. The van der Waals surface area contributed by atoms with Gasteiger partial charge in [0.15, 0.2) is 0 Å². The van der Waals surface area contributed by atoms with Crippen LogP contribution in [0, 0.1) is 11.3 Å². The topological polar surface area (TPSA) is 59.9 Å². The molecule has 0 fully saturated rings. The number of anilines is 1. The largest absolute Gasteiger partial charge is 0.497 e. The van der Waals surface area contributed by atoms with Crippen molar-refractivity contribution in [1.82, 2.24) is 0 Å². The average molecular weight is 477 g/mol. The molecule has 34 heavy (non-hydrogen) atoms. The van der Waals surface area contributed by atoms with Gasteiger partial charge < -0.3 is 14.8 Å². The Morgan fingerprint density at radius 3 is 2.65 bits per heavy atom. The summed E-state index contributed by atoms with van der Waals surface area (Å²) in [5.74, 6) is 1.85. The van der Waals surface area contributed by atoms with Crippen LogP contribution in [-0.4, -0.2) is 26.3 Å². The molecule has 6 heteroatoms. The molecule has 0 bridgehead atoms. The monoisotopic (exact) mass is 476 g/mol. The third-order valence-corrected chi connectivity index (χ3v) is 7.64. The van der Waals surface area contributed by atoms with E-state index >= 15 is 0 Å². The van der Waals surface area contributed by atoms with Crippen LogP contribution in [0.3, 0.4) is 0 Å². The molecular weight excluding hydrogens is 444 g/mol. The van der Waals surface area contributed by atoms with Crippen LogP contribution in [0.5, 0.6) is 11.5 Å². The van der Waals surface area contributed by atoms with E-state index in [-0.39, 0.29) is 11.3 Å². The van der Waals surface area contributed by atoms with Gasteiger partial charge in [0.1, 0.15) is 16.5 Å². The molecule has 0 saturated carbocycles. The second-order valence-corrected chi connectivity index (χ2v) is 10.8. The van der Waals surface area contributed by atoms with Crippen LogP contribution in [0.2, 0.25) is 0 Å². The number of rotatable bonds is 6. The van der Waals surface area contributed by atoms with Gasteiger partial charge in [-0.05, 0) is 66.0 Å². The highest BCUT2D eigenvalue weighted by molar-refractivity contribution is 7.16. The van der Waals surface area contributed by atoms with Crippen LogP contribution < -0.4 is 14.8 Å². The number of hydrogen-bond acceptors (Lipinski definition) is 5. The van der Waals surface area contributed by atoms with Crippen molar-refractivity contribution in [2.75, 3.05) is 19.5 Å². The standard InChI is InChI=1S/C28H32N2O3S/c1-28(2,3)19-13-14-21-24(16-19)34-27(29-17-18-9-8-10-20(15-18)32-4)25(21)26(31)30-22-11-6-7-12-23(22)33-5/h6-12,15,17,19H,13-14,16H2,1-5H3,(H,30,31)/b29-17+. The lowest BCUT2D eigenvalue weighted by molar-refractivity contribution is 0.102. The first-order valence-corrected chi connectivity index (χ1v) is 12.4. The fourth-order valence-corrected chi connectivity index (χ4v) is 5.69. The molecule has 1 unspecified atom stereocenters. The molecular formula is C28H32N2O3S. The number of ether oxygens (including phenoxy) is 2. The number of carbonyl (C=O) groups is 1. The highest BCUT2D eigenvalue weighted by atomic mass is 32.1. The molecule has 1 N–H and O–H groups in total. The van der Waals surface area contributed by atoms with Gasteiger partial charge >= 0.3 is 0 Å². The number of hydrogen-bond donors (Lipinski definition) is 1. The number of thiophene rings is 1. The number of methoxy groups -OCH3 is 2. The lowest BCUT2D eigenvalue weighted by atomic mass is 9.72. The van der Waals surface area contributed by atoms with Crippen LogP contribution in [-0.2, 0) is 12.8 Å². The Kier molecular flexibility index (Phi) is 7.08. The van der Waals surface area contributed by atoms with Crippen molar-refractivity contribution in [3.05, 3.63) is 70.1 Å². The number of benzene rings is 2. The second kappa shape index (κ2) is 10.0. The van der Waals surface area contributed by atoms with Gasteiger partial charge in [0.05, 0.1) is 25.5 Å². The van der Waals surface area contributed by atoms with Gasteiger partial charge in [0, 0.05) is 11.1 Å². The summed E-state index contributed by atoms with van der Waals surface area (Å²) >= 11 is 1.64. The van der Waals surface area contributed by atoms with E-state index in [9.17, 15) is 4.79 Å². The Bertz CT molecular complexity index is 1210. The molecule has 4 rings (SSSR count). The minimum absolute atomic E-state index is 0.144. The summed E-state index contributed by atoms with van der Waals surface area (Å²) in [6.45, 7) is 6.90. The number of nitrogens with one attached hydrogen (secondary N) is 1. The Morgan fingerprint density at radius 2 is 1.91 bits per heavy atom. The summed E-state index contributed by atoms with van der Waals surface area (Å²) in [7, 11) is 3.25. The van der Waals surface area contributed by atoms with Crippen LogP contribution >= 0.6 is 11.3 Å². The maximum absolute atomic E-state index is 13.6. The predicted octanol–water partition coefficient (Wildman–Crippen LogP) is 6.92. The van der Waals surface area contributed by atoms with Crippen LogP contribution in [0.1, 0.15) is 53.6 Å². The Balaban J connectivity index is 1.72. The van der Waals surface area contributed by atoms with E-state index in [1.165, 1.54) is 4.88 Å². The summed E-state index contributed by atoms with van der Waals surface area (Å²) in [5, 5.41) is 3.81. The highest BCUT2D eigenvalue weighted by Gasteiger charge is 2.33. The minimum atomic E-state index is -0.144. The number of fused-ring (bicyclic) bond motifs is 1. The molecule has 1 atom stereocenters. The quantitative estimate of drug-likeness (QED) is 0.393. The van der Waals surface area contributed by atoms with Crippen molar-refractivity contribution in [3.63, 3.8) is 0 Å². The van der Waals surface area contributed by atoms with Crippen molar-refractivity contribution >= 4 is 34.1 Å². The van der Waals surface area contributed by atoms with E-state index in [0.29, 0.717) is 22.9 Å². The summed E-state index contributed by atoms with van der Waals surface area (Å²) in [4.78, 5) is 19.6. The number of para-hydroxylation sites is 2. The zero-order valence-corrected chi connectivity index (χ0v) is 21.3. The number of aliphatic imine (C=N–C) groups is 1. The van der Waals surface area contributed by atoms with Gasteiger partial charge in [-0.1, -0.05) is 45.0 Å². The Morgan fingerprint density at radius 1 is 1.12 bits per heavy atom. The predicted molar refractivity (Wildman–Crippen MR) is 140 cm³/mol. The molecule has 1 heterocycles. The van der Waals surface area contributed by atoms with E-state index in [1.807, 2.05) is 48.5 Å². The van der Waals surface area contributed by atoms with E-state index < -0.39 is 0 Å². The SMILES string of the molecule is COc1cccc(/C=N/c2sc3c(c2C(=O)Nc2ccccc2OC)CCC(C(C)(C)C)C3)c1. The molecule has 0 saturated heterocycles. The molecule has 178 valence electrons. The van der Waals surface area contributed by atoms with Gasteiger partial charge in [0.2, 0.25) is 0 Å². The molecule has 5 nitrogen and oxygen atoms in total. The lowest BCUT2D eigenvalue weighted by Gasteiger charge is -2.33.